The number of benzene rings is 3. The number of nitrogens with one attached hydrogen (secondary N) is 1. The van der Waals surface area contributed by atoms with Crippen LogP contribution in [0.1, 0.15) is 51.0 Å². The summed E-state index contributed by atoms with van der Waals surface area (Å²) in [5, 5.41) is 4.14. The van der Waals surface area contributed by atoms with Gasteiger partial charge in [-0.3, -0.25) is 13.9 Å². The van der Waals surface area contributed by atoms with Crippen molar-refractivity contribution in [1.82, 2.24) is 10.2 Å². The summed E-state index contributed by atoms with van der Waals surface area (Å²) in [5.41, 5.74) is 1.06. The normalized spacial score (nSPS) is 14.7. The lowest BCUT2D eigenvalue weighted by molar-refractivity contribution is -0.140. The van der Waals surface area contributed by atoms with Crippen LogP contribution in [0.5, 0.6) is 0 Å². The van der Waals surface area contributed by atoms with Crippen molar-refractivity contribution in [3.8, 4) is 0 Å². The molecule has 1 aliphatic carbocycles. The number of rotatable bonds is 11. The molecule has 1 fully saturated rings. The zero-order valence-electron chi connectivity index (χ0n) is 23.0. The second-order valence-corrected chi connectivity index (χ2v) is 13.0. The minimum atomic E-state index is -4.12. The lowest BCUT2D eigenvalue weighted by Crippen LogP contribution is -2.54. The number of sulfonamides is 1. The first-order valence-electron chi connectivity index (χ1n) is 13.9. The fourth-order valence-electron chi connectivity index (χ4n) is 5.11. The zero-order chi connectivity index (χ0) is 29.4. The van der Waals surface area contributed by atoms with Gasteiger partial charge in [-0.15, -0.1) is 0 Å². The third kappa shape index (κ3) is 8.03. The Kier molecular flexibility index (Phi) is 10.7. The molecular formula is C31H35Cl2N3O4S. The van der Waals surface area contributed by atoms with E-state index in [1.165, 1.54) is 17.0 Å². The van der Waals surface area contributed by atoms with Crippen LogP contribution < -0.4 is 9.62 Å². The standard InChI is InChI=1S/C31H35Cl2N3O4S/c1-2-29(31(38)34-26-9-5-3-6-10-26)35(21-23-13-15-24(32)16-14-23)30(37)22-36(27-19-17-25(33)18-20-27)41(39,40)28-11-7-4-8-12-28/h4,7-8,11-20,26,29H,2-3,5-6,9-10,21-22H2,1H3,(H,34,38)/t29-/m1/s1. The highest BCUT2D eigenvalue weighted by Gasteiger charge is 2.34. The van der Waals surface area contributed by atoms with Gasteiger partial charge in [0.2, 0.25) is 11.8 Å². The Labute approximate surface area is 252 Å². The molecule has 0 aliphatic heterocycles. The third-order valence-corrected chi connectivity index (χ3v) is 9.62. The predicted molar refractivity (Wildman–Crippen MR) is 164 cm³/mol. The first-order chi connectivity index (χ1) is 19.7. The molecule has 41 heavy (non-hydrogen) atoms. The minimum absolute atomic E-state index is 0.0501. The molecular weight excluding hydrogens is 581 g/mol. The summed E-state index contributed by atoms with van der Waals surface area (Å²) in [6.45, 7) is 1.47. The third-order valence-electron chi connectivity index (χ3n) is 7.33. The van der Waals surface area contributed by atoms with Gasteiger partial charge in [0, 0.05) is 22.6 Å². The molecule has 0 unspecified atom stereocenters. The number of halogens is 2. The summed E-state index contributed by atoms with van der Waals surface area (Å²) in [5.74, 6) is -0.731. The molecule has 2 amide bonds. The number of anilines is 1. The van der Waals surface area contributed by atoms with E-state index in [9.17, 15) is 18.0 Å². The maximum atomic E-state index is 14.1. The zero-order valence-corrected chi connectivity index (χ0v) is 25.3. The van der Waals surface area contributed by atoms with Crippen LogP contribution in [0.2, 0.25) is 10.0 Å². The quantitative estimate of drug-likeness (QED) is 0.269. The molecule has 1 saturated carbocycles. The van der Waals surface area contributed by atoms with Gasteiger partial charge in [0.1, 0.15) is 12.6 Å². The molecule has 0 saturated heterocycles. The highest BCUT2D eigenvalue weighted by molar-refractivity contribution is 7.92. The summed E-state index contributed by atoms with van der Waals surface area (Å²) in [7, 11) is -4.12. The van der Waals surface area contributed by atoms with E-state index in [-0.39, 0.29) is 29.1 Å². The van der Waals surface area contributed by atoms with E-state index < -0.39 is 28.5 Å². The second-order valence-electron chi connectivity index (χ2n) is 10.2. The SMILES string of the molecule is CC[C@H](C(=O)NC1CCCCC1)N(Cc1ccc(Cl)cc1)C(=O)CN(c1ccc(Cl)cc1)S(=O)(=O)c1ccccc1. The molecule has 1 atom stereocenters. The Balaban J connectivity index is 1.68. The van der Waals surface area contributed by atoms with Crippen molar-refractivity contribution in [2.75, 3.05) is 10.8 Å². The van der Waals surface area contributed by atoms with E-state index in [1.54, 1.807) is 66.7 Å². The number of carbonyl (C=O) groups is 2. The van der Waals surface area contributed by atoms with Gasteiger partial charge in [-0.25, -0.2) is 8.42 Å². The van der Waals surface area contributed by atoms with Crippen LogP contribution in [0.25, 0.3) is 0 Å². The Hall–Kier alpha value is -3.07. The fourth-order valence-corrected chi connectivity index (χ4v) is 6.79. The van der Waals surface area contributed by atoms with E-state index in [0.29, 0.717) is 16.5 Å². The lowest BCUT2D eigenvalue weighted by atomic mass is 9.95. The molecule has 0 heterocycles. The van der Waals surface area contributed by atoms with E-state index >= 15 is 0 Å². The molecule has 7 nitrogen and oxygen atoms in total. The summed E-state index contributed by atoms with van der Waals surface area (Å²) in [6, 6.07) is 20.6. The summed E-state index contributed by atoms with van der Waals surface area (Å²) < 4.78 is 28.7. The largest absolute Gasteiger partial charge is 0.352 e. The van der Waals surface area contributed by atoms with E-state index in [4.69, 9.17) is 23.2 Å². The van der Waals surface area contributed by atoms with Crippen LogP contribution in [0.3, 0.4) is 0 Å². The number of carbonyl (C=O) groups excluding carboxylic acids is 2. The predicted octanol–water partition coefficient (Wildman–Crippen LogP) is 6.45. The Morgan fingerprint density at radius 1 is 0.878 bits per heavy atom. The Morgan fingerprint density at radius 2 is 1.46 bits per heavy atom. The van der Waals surface area contributed by atoms with Gasteiger partial charge >= 0.3 is 0 Å². The molecule has 0 bridgehead atoms. The Morgan fingerprint density at radius 3 is 2.05 bits per heavy atom. The van der Waals surface area contributed by atoms with Gasteiger partial charge in [-0.05, 0) is 73.4 Å². The van der Waals surface area contributed by atoms with Crippen LogP contribution in [0, 0.1) is 0 Å². The molecule has 0 radical (unpaired) electrons. The van der Waals surface area contributed by atoms with Gasteiger partial charge in [0.25, 0.3) is 10.0 Å². The summed E-state index contributed by atoms with van der Waals surface area (Å²) in [4.78, 5) is 29.2. The molecule has 1 N–H and O–H groups in total. The average Bonchev–Trinajstić information content (AvgIpc) is 2.98. The van der Waals surface area contributed by atoms with Crippen molar-refractivity contribution < 1.29 is 18.0 Å². The van der Waals surface area contributed by atoms with Gasteiger partial charge in [0.15, 0.2) is 0 Å². The van der Waals surface area contributed by atoms with Gasteiger partial charge in [0.05, 0.1) is 10.6 Å². The molecule has 0 aromatic heterocycles. The molecule has 1 aliphatic rings. The van der Waals surface area contributed by atoms with Crippen molar-refractivity contribution in [2.45, 2.75) is 69.0 Å². The monoisotopic (exact) mass is 615 g/mol. The molecule has 0 spiro atoms. The van der Waals surface area contributed by atoms with Gasteiger partial charge in [-0.2, -0.15) is 0 Å². The molecule has 3 aromatic rings. The highest BCUT2D eigenvalue weighted by Crippen LogP contribution is 2.26. The summed E-state index contributed by atoms with van der Waals surface area (Å²) in [6.07, 6.45) is 5.45. The molecule has 3 aromatic carbocycles. The average molecular weight is 617 g/mol. The van der Waals surface area contributed by atoms with Crippen LogP contribution in [-0.4, -0.2) is 43.8 Å². The lowest BCUT2D eigenvalue weighted by Gasteiger charge is -2.34. The molecule has 4 rings (SSSR count). The van der Waals surface area contributed by atoms with Crippen LogP contribution in [0.15, 0.2) is 83.8 Å². The fraction of sp³-hybridized carbons (Fsp3) is 0.355. The van der Waals surface area contributed by atoms with Crippen molar-refractivity contribution in [3.05, 3.63) is 94.5 Å². The van der Waals surface area contributed by atoms with E-state index in [1.807, 2.05) is 6.92 Å². The maximum Gasteiger partial charge on any atom is 0.264 e. The first-order valence-corrected chi connectivity index (χ1v) is 16.1. The van der Waals surface area contributed by atoms with Gasteiger partial charge in [-0.1, -0.05) is 79.7 Å². The first kappa shape index (κ1) is 30.9. The van der Waals surface area contributed by atoms with Crippen LogP contribution in [-0.2, 0) is 26.2 Å². The van der Waals surface area contributed by atoms with E-state index in [0.717, 1.165) is 42.0 Å². The van der Waals surface area contributed by atoms with Gasteiger partial charge < -0.3 is 10.2 Å². The smallest absolute Gasteiger partial charge is 0.264 e. The molecule has 218 valence electrons. The van der Waals surface area contributed by atoms with Crippen LogP contribution >= 0.6 is 23.2 Å². The number of hydrogen-bond acceptors (Lipinski definition) is 4. The number of amides is 2. The van der Waals surface area contributed by atoms with Crippen molar-refractivity contribution in [2.24, 2.45) is 0 Å². The summed E-state index contributed by atoms with van der Waals surface area (Å²) >= 11 is 12.2. The van der Waals surface area contributed by atoms with E-state index in [2.05, 4.69) is 5.32 Å². The van der Waals surface area contributed by atoms with Crippen molar-refractivity contribution >= 4 is 50.7 Å². The Bertz CT molecular complexity index is 1410. The van der Waals surface area contributed by atoms with Crippen molar-refractivity contribution in [3.63, 3.8) is 0 Å². The molecule has 10 heteroatoms. The van der Waals surface area contributed by atoms with Crippen LogP contribution in [0.4, 0.5) is 5.69 Å². The second kappa shape index (κ2) is 14.2. The topological polar surface area (TPSA) is 86.8 Å². The maximum absolute atomic E-state index is 14.1. The minimum Gasteiger partial charge on any atom is -0.352 e. The van der Waals surface area contributed by atoms with Crippen molar-refractivity contribution in [1.29, 1.82) is 0 Å². The number of hydrogen-bond donors (Lipinski definition) is 1. The number of nitrogens with zero attached hydrogens (tertiary/aromatic N) is 2. The highest BCUT2D eigenvalue weighted by atomic mass is 35.5.